The van der Waals surface area contributed by atoms with Crippen LogP contribution in [-0.4, -0.2) is 25.8 Å². The van der Waals surface area contributed by atoms with Gasteiger partial charge in [0.15, 0.2) is 11.5 Å². The van der Waals surface area contributed by atoms with Gasteiger partial charge in [0.05, 0.1) is 13.2 Å². The van der Waals surface area contributed by atoms with Crippen molar-refractivity contribution in [3.63, 3.8) is 0 Å². The second-order valence-electron chi connectivity index (χ2n) is 5.40. The van der Waals surface area contributed by atoms with Gasteiger partial charge in [0.1, 0.15) is 0 Å². The van der Waals surface area contributed by atoms with Crippen molar-refractivity contribution in [1.82, 2.24) is 5.32 Å². The Balaban J connectivity index is 1.69. The van der Waals surface area contributed by atoms with E-state index in [4.69, 9.17) is 9.47 Å². The molecule has 1 N–H and O–H groups in total. The molecule has 19 heavy (non-hydrogen) atoms. The summed E-state index contributed by atoms with van der Waals surface area (Å²) in [6.07, 6.45) is 5.82. The van der Waals surface area contributed by atoms with Crippen LogP contribution in [0.2, 0.25) is 0 Å². The van der Waals surface area contributed by atoms with E-state index in [-0.39, 0.29) is 0 Å². The Bertz CT molecular complexity index is 478. The lowest BCUT2D eigenvalue weighted by molar-refractivity contribution is 0.297. The lowest BCUT2D eigenvalue weighted by Crippen LogP contribution is -2.18. The largest absolute Gasteiger partial charge is 0.490 e. The maximum atomic E-state index is 5.71. The Hall–Kier alpha value is -1.48. The minimum atomic E-state index is 0.738. The molecule has 1 saturated carbocycles. The molecule has 0 amide bonds. The first-order valence-electron chi connectivity index (χ1n) is 7.11. The van der Waals surface area contributed by atoms with E-state index in [1.54, 1.807) is 0 Å². The topological polar surface area (TPSA) is 30.5 Å². The summed E-state index contributed by atoms with van der Waals surface area (Å²) in [5.41, 5.74) is 2.53. The first-order chi connectivity index (χ1) is 9.31. The van der Waals surface area contributed by atoms with Gasteiger partial charge in [-0.3, -0.25) is 0 Å². The zero-order valence-electron chi connectivity index (χ0n) is 11.4. The average molecular weight is 259 g/mol. The molecule has 2 aliphatic rings. The summed E-state index contributed by atoms with van der Waals surface area (Å²) >= 11 is 0. The Morgan fingerprint density at radius 3 is 2.84 bits per heavy atom. The van der Waals surface area contributed by atoms with Crippen molar-refractivity contribution in [3.8, 4) is 11.5 Å². The Morgan fingerprint density at radius 2 is 2.05 bits per heavy atom. The van der Waals surface area contributed by atoms with Gasteiger partial charge in [0.25, 0.3) is 0 Å². The van der Waals surface area contributed by atoms with Crippen LogP contribution < -0.4 is 14.8 Å². The summed E-state index contributed by atoms with van der Waals surface area (Å²) < 4.78 is 11.3. The molecule has 1 aromatic rings. The van der Waals surface area contributed by atoms with Gasteiger partial charge in [-0.25, -0.2) is 0 Å². The number of benzene rings is 1. The molecule has 3 heteroatoms. The molecule has 0 spiro atoms. The SMILES string of the molecule is CC(=Cc1ccc2c(c1)OCCCO2)CNC1CC1. The van der Waals surface area contributed by atoms with E-state index >= 15 is 0 Å². The van der Waals surface area contributed by atoms with Gasteiger partial charge in [0.2, 0.25) is 0 Å². The van der Waals surface area contributed by atoms with Crippen LogP contribution in [0.3, 0.4) is 0 Å². The molecule has 1 aromatic carbocycles. The molecular formula is C16H21NO2. The fraction of sp³-hybridized carbons (Fsp3) is 0.500. The molecule has 1 aliphatic carbocycles. The van der Waals surface area contributed by atoms with Gasteiger partial charge in [-0.1, -0.05) is 17.7 Å². The molecule has 0 atom stereocenters. The van der Waals surface area contributed by atoms with E-state index in [2.05, 4.69) is 30.4 Å². The number of ether oxygens (including phenoxy) is 2. The predicted molar refractivity (Wildman–Crippen MR) is 76.7 cm³/mol. The summed E-state index contributed by atoms with van der Waals surface area (Å²) in [5, 5.41) is 3.52. The van der Waals surface area contributed by atoms with Crippen LogP contribution in [0.15, 0.2) is 23.8 Å². The van der Waals surface area contributed by atoms with Gasteiger partial charge in [-0.2, -0.15) is 0 Å². The van der Waals surface area contributed by atoms with Crippen molar-refractivity contribution in [2.75, 3.05) is 19.8 Å². The van der Waals surface area contributed by atoms with E-state index in [0.29, 0.717) is 0 Å². The van der Waals surface area contributed by atoms with Crippen LogP contribution in [0.5, 0.6) is 11.5 Å². The van der Waals surface area contributed by atoms with Crippen molar-refractivity contribution in [3.05, 3.63) is 29.3 Å². The summed E-state index contributed by atoms with van der Waals surface area (Å²) in [5.74, 6) is 1.73. The van der Waals surface area contributed by atoms with E-state index < -0.39 is 0 Å². The Morgan fingerprint density at radius 1 is 1.26 bits per heavy atom. The quantitative estimate of drug-likeness (QED) is 0.901. The summed E-state index contributed by atoms with van der Waals surface area (Å²) in [6.45, 7) is 4.62. The zero-order valence-corrected chi connectivity index (χ0v) is 11.4. The molecular weight excluding hydrogens is 238 g/mol. The van der Waals surface area contributed by atoms with E-state index in [0.717, 1.165) is 43.7 Å². The second kappa shape index (κ2) is 5.66. The molecule has 0 saturated heterocycles. The number of nitrogens with one attached hydrogen (secondary N) is 1. The number of hydrogen-bond donors (Lipinski definition) is 1. The van der Waals surface area contributed by atoms with Crippen molar-refractivity contribution >= 4 is 6.08 Å². The zero-order chi connectivity index (χ0) is 13.1. The second-order valence-corrected chi connectivity index (χ2v) is 5.40. The van der Waals surface area contributed by atoms with Crippen molar-refractivity contribution in [2.24, 2.45) is 0 Å². The highest BCUT2D eigenvalue weighted by Crippen LogP contribution is 2.31. The molecule has 1 aliphatic heterocycles. The Kier molecular flexibility index (Phi) is 3.74. The molecule has 0 bridgehead atoms. The average Bonchev–Trinajstić information content (AvgIpc) is 3.23. The van der Waals surface area contributed by atoms with Gasteiger partial charge in [-0.15, -0.1) is 0 Å². The minimum absolute atomic E-state index is 0.738. The lowest BCUT2D eigenvalue weighted by atomic mass is 10.1. The fourth-order valence-corrected chi connectivity index (χ4v) is 2.20. The summed E-state index contributed by atoms with van der Waals surface area (Å²) in [4.78, 5) is 0. The maximum Gasteiger partial charge on any atom is 0.161 e. The summed E-state index contributed by atoms with van der Waals surface area (Å²) in [6, 6.07) is 6.93. The monoisotopic (exact) mass is 259 g/mol. The summed E-state index contributed by atoms with van der Waals surface area (Å²) in [7, 11) is 0. The van der Waals surface area contributed by atoms with Gasteiger partial charge >= 0.3 is 0 Å². The van der Waals surface area contributed by atoms with Crippen LogP contribution in [0, 0.1) is 0 Å². The highest BCUT2D eigenvalue weighted by molar-refractivity contribution is 5.58. The third-order valence-corrected chi connectivity index (χ3v) is 3.43. The first-order valence-corrected chi connectivity index (χ1v) is 7.11. The third kappa shape index (κ3) is 3.51. The normalized spacial score (nSPS) is 19.1. The van der Waals surface area contributed by atoms with E-state index in [1.165, 1.54) is 24.0 Å². The Labute approximate surface area is 114 Å². The van der Waals surface area contributed by atoms with Gasteiger partial charge in [0, 0.05) is 19.0 Å². The molecule has 3 rings (SSSR count). The predicted octanol–water partition coefficient (Wildman–Crippen LogP) is 3.00. The van der Waals surface area contributed by atoms with Gasteiger partial charge < -0.3 is 14.8 Å². The first kappa shape index (κ1) is 12.5. The number of fused-ring (bicyclic) bond motifs is 1. The van der Waals surface area contributed by atoms with Crippen molar-refractivity contribution in [1.29, 1.82) is 0 Å². The molecule has 3 nitrogen and oxygen atoms in total. The van der Waals surface area contributed by atoms with Crippen LogP contribution in [-0.2, 0) is 0 Å². The number of rotatable bonds is 4. The molecule has 0 radical (unpaired) electrons. The number of hydrogen-bond acceptors (Lipinski definition) is 3. The van der Waals surface area contributed by atoms with E-state index in [9.17, 15) is 0 Å². The minimum Gasteiger partial charge on any atom is -0.490 e. The van der Waals surface area contributed by atoms with Crippen molar-refractivity contribution < 1.29 is 9.47 Å². The van der Waals surface area contributed by atoms with Crippen LogP contribution >= 0.6 is 0 Å². The standard InChI is InChI=1S/C16H21NO2/c1-12(11-17-14-4-5-14)9-13-3-6-15-16(10-13)19-8-2-7-18-15/h3,6,9-10,14,17H,2,4-5,7-8,11H2,1H3. The molecule has 102 valence electrons. The highest BCUT2D eigenvalue weighted by atomic mass is 16.5. The fourth-order valence-electron chi connectivity index (χ4n) is 2.20. The molecule has 0 unspecified atom stereocenters. The smallest absolute Gasteiger partial charge is 0.161 e. The van der Waals surface area contributed by atoms with Crippen LogP contribution in [0.4, 0.5) is 0 Å². The van der Waals surface area contributed by atoms with E-state index in [1.807, 2.05) is 6.07 Å². The lowest BCUT2D eigenvalue weighted by Gasteiger charge is -2.08. The van der Waals surface area contributed by atoms with Crippen LogP contribution in [0.1, 0.15) is 31.7 Å². The third-order valence-electron chi connectivity index (χ3n) is 3.43. The molecule has 1 fully saturated rings. The van der Waals surface area contributed by atoms with Crippen LogP contribution in [0.25, 0.3) is 6.08 Å². The van der Waals surface area contributed by atoms with Gasteiger partial charge in [-0.05, 0) is 37.5 Å². The van der Waals surface area contributed by atoms with Crippen molar-refractivity contribution in [2.45, 2.75) is 32.2 Å². The maximum absolute atomic E-state index is 5.71. The molecule has 0 aromatic heterocycles. The molecule has 1 heterocycles. The highest BCUT2D eigenvalue weighted by Gasteiger charge is 2.19.